The highest BCUT2D eigenvalue weighted by molar-refractivity contribution is 5.63. The Kier molecular flexibility index (Phi) is 17.1. The van der Waals surface area contributed by atoms with Gasteiger partial charge in [-0.25, -0.2) is 0 Å². The van der Waals surface area contributed by atoms with Gasteiger partial charge in [-0.05, 0) is 32.1 Å². The van der Waals surface area contributed by atoms with E-state index < -0.39 is 5.97 Å². The molecule has 1 N–H and O–H groups in total. The van der Waals surface area contributed by atoms with E-state index in [0.717, 1.165) is 12.8 Å². The molecule has 0 amide bonds. The van der Waals surface area contributed by atoms with Crippen molar-refractivity contribution in [3.8, 4) is 0 Å². The zero-order valence-corrected chi connectivity index (χ0v) is 12.2. The number of quaternary nitrogens is 1. The van der Waals surface area contributed by atoms with Gasteiger partial charge in [0.1, 0.15) is 0 Å². The first kappa shape index (κ1) is 18.8. The maximum absolute atomic E-state index is 9.65. The van der Waals surface area contributed by atoms with E-state index in [9.17, 15) is 9.90 Å². The topological polar surface area (TPSA) is 44.6 Å². The zero-order valence-electron chi connectivity index (χ0n) is 12.2. The van der Waals surface area contributed by atoms with Crippen LogP contribution in [0.1, 0.15) is 66.2 Å². The van der Waals surface area contributed by atoms with E-state index in [1.165, 1.54) is 38.9 Å². The molecule has 0 saturated carbocycles. The van der Waals surface area contributed by atoms with E-state index in [1.807, 2.05) is 6.92 Å². The molecular weight excluding hydrogens is 214 g/mol. The lowest BCUT2D eigenvalue weighted by atomic mass is 10.3. The lowest BCUT2D eigenvalue weighted by Crippen LogP contribution is -3.11. The number of aliphatic carboxylic acids is 1. The van der Waals surface area contributed by atoms with E-state index in [1.54, 1.807) is 4.90 Å². The predicted molar refractivity (Wildman–Crippen MR) is 71.0 cm³/mol. The summed E-state index contributed by atoms with van der Waals surface area (Å²) >= 11 is 0. The van der Waals surface area contributed by atoms with Crippen LogP contribution in [0, 0.1) is 0 Å². The highest BCUT2D eigenvalue weighted by Crippen LogP contribution is 1.89. The van der Waals surface area contributed by atoms with E-state index in [0.29, 0.717) is 0 Å². The van der Waals surface area contributed by atoms with Gasteiger partial charge in [-0.2, -0.15) is 0 Å². The average molecular weight is 245 g/mol. The van der Waals surface area contributed by atoms with Gasteiger partial charge < -0.3 is 14.8 Å². The summed E-state index contributed by atoms with van der Waals surface area (Å²) in [5, 5.41) is 9.65. The van der Waals surface area contributed by atoms with Crippen molar-refractivity contribution in [3.05, 3.63) is 0 Å². The van der Waals surface area contributed by atoms with Gasteiger partial charge >= 0.3 is 0 Å². The number of carbonyl (C=O) groups excluding carboxylic acids is 1. The van der Waals surface area contributed by atoms with Crippen LogP contribution in [0.15, 0.2) is 0 Å². The van der Waals surface area contributed by atoms with Crippen LogP contribution in [-0.2, 0) is 4.79 Å². The van der Waals surface area contributed by atoms with Gasteiger partial charge in [0, 0.05) is 5.97 Å². The Balaban J connectivity index is 0. The van der Waals surface area contributed by atoms with E-state index in [-0.39, 0.29) is 6.42 Å². The van der Waals surface area contributed by atoms with Crippen LogP contribution in [0.3, 0.4) is 0 Å². The van der Waals surface area contributed by atoms with Gasteiger partial charge in [-0.3, -0.25) is 0 Å². The predicted octanol–water partition coefficient (Wildman–Crippen LogP) is 1.03. The van der Waals surface area contributed by atoms with Crippen molar-refractivity contribution in [1.29, 1.82) is 0 Å². The molecule has 0 radical (unpaired) electrons. The fourth-order valence-electron chi connectivity index (χ4n) is 1.76. The summed E-state index contributed by atoms with van der Waals surface area (Å²) in [4.78, 5) is 11.4. The molecule has 0 aliphatic heterocycles. The quantitative estimate of drug-likeness (QED) is 0.659. The van der Waals surface area contributed by atoms with Crippen molar-refractivity contribution in [2.24, 2.45) is 0 Å². The molecule has 104 valence electrons. The maximum Gasteiger partial charge on any atom is 0.0768 e. The van der Waals surface area contributed by atoms with Crippen molar-refractivity contribution in [2.45, 2.75) is 66.2 Å². The van der Waals surface area contributed by atoms with Gasteiger partial charge in [0.15, 0.2) is 0 Å². The Morgan fingerprint density at radius 2 is 1.29 bits per heavy atom. The summed E-state index contributed by atoms with van der Waals surface area (Å²) in [5.74, 6) is -0.943. The number of hydrogen-bond donors (Lipinski definition) is 1. The monoisotopic (exact) mass is 245 g/mol. The normalized spacial score (nSPS) is 9.94. The summed E-state index contributed by atoms with van der Waals surface area (Å²) in [6, 6.07) is 0. The van der Waals surface area contributed by atoms with Gasteiger partial charge in [0.2, 0.25) is 0 Å². The molecule has 0 aliphatic rings. The minimum atomic E-state index is -0.943. The van der Waals surface area contributed by atoms with Crippen LogP contribution in [-0.4, -0.2) is 25.6 Å². The minimum absolute atomic E-state index is 0.205. The molecule has 0 fully saturated rings. The average Bonchev–Trinajstić information content (AvgIpc) is 2.28. The van der Waals surface area contributed by atoms with Crippen LogP contribution in [0.2, 0.25) is 0 Å². The summed E-state index contributed by atoms with van der Waals surface area (Å²) < 4.78 is 0. The Labute approximate surface area is 107 Å². The molecular formula is C14H31NO2. The number of hydrogen-bond acceptors (Lipinski definition) is 2. The molecule has 0 spiro atoms. The number of carboxylic acid groups (broad SMARTS) is 1. The number of nitrogens with one attached hydrogen (secondary N) is 1. The van der Waals surface area contributed by atoms with Crippen LogP contribution >= 0.6 is 0 Å². The van der Waals surface area contributed by atoms with Crippen LogP contribution in [0.4, 0.5) is 0 Å². The van der Waals surface area contributed by atoms with Crippen molar-refractivity contribution in [1.82, 2.24) is 0 Å². The van der Waals surface area contributed by atoms with E-state index in [2.05, 4.69) is 20.8 Å². The van der Waals surface area contributed by atoms with Crippen molar-refractivity contribution >= 4 is 5.97 Å². The lowest BCUT2D eigenvalue weighted by Gasteiger charge is -2.16. The highest BCUT2D eigenvalue weighted by atomic mass is 16.4. The molecule has 0 aromatic heterocycles. The summed E-state index contributed by atoms with van der Waals surface area (Å²) in [7, 11) is 0. The third-order valence-electron chi connectivity index (χ3n) is 2.55. The number of carbonyl (C=O) groups is 1. The first-order chi connectivity index (χ1) is 8.12. The third-order valence-corrected chi connectivity index (χ3v) is 2.55. The van der Waals surface area contributed by atoms with E-state index in [4.69, 9.17) is 0 Å². The molecule has 0 atom stereocenters. The molecule has 0 saturated heterocycles. The van der Waals surface area contributed by atoms with Crippen LogP contribution < -0.4 is 10.0 Å². The largest absolute Gasteiger partial charge is 0.550 e. The molecule has 3 heteroatoms. The Morgan fingerprint density at radius 3 is 1.47 bits per heavy atom. The SMILES string of the molecule is CCCCC(=O)[O-].CCC[NH+](CCC)CCC. The molecule has 17 heavy (non-hydrogen) atoms. The van der Waals surface area contributed by atoms with Crippen LogP contribution in [0.5, 0.6) is 0 Å². The van der Waals surface area contributed by atoms with Crippen molar-refractivity contribution in [2.75, 3.05) is 19.6 Å². The second-order valence-electron chi connectivity index (χ2n) is 4.48. The minimum Gasteiger partial charge on any atom is -0.550 e. The van der Waals surface area contributed by atoms with Crippen molar-refractivity contribution in [3.63, 3.8) is 0 Å². The number of carboxylic acids is 1. The van der Waals surface area contributed by atoms with Gasteiger partial charge in [-0.15, -0.1) is 0 Å². The molecule has 0 unspecified atom stereocenters. The van der Waals surface area contributed by atoms with E-state index >= 15 is 0 Å². The van der Waals surface area contributed by atoms with Crippen molar-refractivity contribution < 1.29 is 14.8 Å². The Hall–Kier alpha value is -0.570. The number of rotatable bonds is 9. The Bertz CT molecular complexity index is 146. The standard InChI is InChI=1S/C9H21N.C5H10O2/c1-4-7-10(8-5-2)9-6-3;1-2-3-4-5(6)7/h4-9H2,1-3H3;2-4H2,1H3,(H,6,7). The highest BCUT2D eigenvalue weighted by Gasteiger charge is 2.01. The molecule has 0 heterocycles. The number of unbranched alkanes of at least 4 members (excludes halogenated alkanes) is 1. The van der Waals surface area contributed by atoms with Gasteiger partial charge in [-0.1, -0.05) is 34.1 Å². The fourth-order valence-corrected chi connectivity index (χ4v) is 1.76. The first-order valence-corrected chi connectivity index (χ1v) is 7.15. The van der Waals surface area contributed by atoms with Crippen LogP contribution in [0.25, 0.3) is 0 Å². The second kappa shape index (κ2) is 15.4. The summed E-state index contributed by atoms with van der Waals surface area (Å²) in [6.45, 7) is 12.8. The first-order valence-electron chi connectivity index (χ1n) is 7.15. The molecule has 0 aromatic rings. The molecule has 0 bridgehead atoms. The summed E-state index contributed by atoms with van der Waals surface area (Å²) in [5.41, 5.74) is 0. The third kappa shape index (κ3) is 18.0. The Morgan fingerprint density at radius 1 is 0.882 bits per heavy atom. The lowest BCUT2D eigenvalue weighted by molar-refractivity contribution is -0.900. The molecule has 3 nitrogen and oxygen atoms in total. The molecule has 0 rings (SSSR count). The smallest absolute Gasteiger partial charge is 0.0768 e. The fraction of sp³-hybridized carbons (Fsp3) is 0.929. The van der Waals surface area contributed by atoms with Gasteiger partial charge in [0.05, 0.1) is 19.6 Å². The van der Waals surface area contributed by atoms with Gasteiger partial charge in [0.25, 0.3) is 0 Å². The second-order valence-corrected chi connectivity index (χ2v) is 4.48. The molecule has 0 aromatic carbocycles. The maximum atomic E-state index is 9.65. The summed E-state index contributed by atoms with van der Waals surface area (Å²) in [6.07, 6.45) is 5.85. The molecule has 0 aliphatic carbocycles. The zero-order chi connectivity index (χ0) is 13.5.